The molecular formula is C16H20N2O3S. The van der Waals surface area contributed by atoms with Crippen molar-refractivity contribution >= 4 is 28.2 Å². The van der Waals surface area contributed by atoms with Gasteiger partial charge in [-0.15, -0.1) is 11.3 Å². The number of aliphatic carboxylic acids is 1. The van der Waals surface area contributed by atoms with Crippen molar-refractivity contribution in [3.05, 3.63) is 16.0 Å². The highest BCUT2D eigenvalue weighted by Crippen LogP contribution is 2.40. The second-order valence-electron chi connectivity index (χ2n) is 5.97. The van der Waals surface area contributed by atoms with Gasteiger partial charge in [0, 0.05) is 11.3 Å². The van der Waals surface area contributed by atoms with Gasteiger partial charge in [-0.25, -0.2) is 0 Å². The molecule has 1 aromatic heterocycles. The van der Waals surface area contributed by atoms with Gasteiger partial charge < -0.3 is 10.4 Å². The van der Waals surface area contributed by atoms with Gasteiger partial charge in [0.25, 0.3) is 0 Å². The van der Waals surface area contributed by atoms with Crippen molar-refractivity contribution in [3.8, 4) is 6.07 Å². The number of hydrogen-bond acceptors (Lipinski definition) is 4. The van der Waals surface area contributed by atoms with Crippen LogP contribution in [0.2, 0.25) is 0 Å². The molecule has 0 aliphatic heterocycles. The highest BCUT2D eigenvalue weighted by Gasteiger charge is 2.41. The first-order chi connectivity index (χ1) is 10.4. The van der Waals surface area contributed by atoms with Crippen LogP contribution in [0.4, 0.5) is 5.00 Å². The summed E-state index contributed by atoms with van der Waals surface area (Å²) in [7, 11) is 0. The van der Waals surface area contributed by atoms with Crippen LogP contribution in [0.1, 0.15) is 54.5 Å². The van der Waals surface area contributed by atoms with E-state index in [1.54, 1.807) is 0 Å². The Morgan fingerprint density at radius 1 is 1.32 bits per heavy atom. The molecule has 6 heteroatoms. The number of nitriles is 1. The summed E-state index contributed by atoms with van der Waals surface area (Å²) in [6.45, 7) is 3.75. The number of aryl methyl sites for hydroxylation is 1. The molecule has 1 amide bonds. The van der Waals surface area contributed by atoms with E-state index in [-0.39, 0.29) is 12.3 Å². The summed E-state index contributed by atoms with van der Waals surface area (Å²) < 4.78 is 0. The molecule has 1 saturated carbocycles. The Bertz CT molecular complexity index is 637. The molecule has 118 valence electrons. The van der Waals surface area contributed by atoms with Crippen LogP contribution in [-0.4, -0.2) is 17.0 Å². The standard InChI is InChI=1S/C16H20N2O3S/c1-10-11(2)22-14(12(10)9-17)18-13(19)8-16(15(20)21)6-4-3-5-7-16/h3-8H2,1-2H3,(H,18,19)(H,20,21). The van der Waals surface area contributed by atoms with Crippen molar-refractivity contribution < 1.29 is 14.7 Å². The molecule has 2 rings (SSSR count). The predicted octanol–water partition coefficient (Wildman–Crippen LogP) is 3.60. The molecule has 0 atom stereocenters. The van der Waals surface area contributed by atoms with E-state index in [1.165, 1.54) is 11.3 Å². The van der Waals surface area contributed by atoms with Gasteiger partial charge in [0.15, 0.2) is 0 Å². The van der Waals surface area contributed by atoms with Crippen LogP contribution in [0.15, 0.2) is 0 Å². The molecule has 0 unspecified atom stereocenters. The van der Waals surface area contributed by atoms with E-state index in [0.29, 0.717) is 23.4 Å². The number of carboxylic acid groups (broad SMARTS) is 1. The Balaban J connectivity index is 2.14. The Hall–Kier alpha value is -1.87. The van der Waals surface area contributed by atoms with Crippen molar-refractivity contribution in [2.75, 3.05) is 5.32 Å². The third-order valence-electron chi connectivity index (χ3n) is 4.51. The van der Waals surface area contributed by atoms with E-state index in [9.17, 15) is 20.0 Å². The first kappa shape index (κ1) is 16.5. The number of nitrogens with one attached hydrogen (secondary N) is 1. The Morgan fingerprint density at radius 2 is 1.95 bits per heavy atom. The molecule has 1 aromatic rings. The Morgan fingerprint density at radius 3 is 2.50 bits per heavy atom. The molecule has 1 aliphatic carbocycles. The monoisotopic (exact) mass is 320 g/mol. The number of hydrogen-bond donors (Lipinski definition) is 2. The van der Waals surface area contributed by atoms with Gasteiger partial charge in [-0.2, -0.15) is 5.26 Å². The quantitative estimate of drug-likeness (QED) is 0.887. The van der Waals surface area contributed by atoms with E-state index in [4.69, 9.17) is 0 Å². The summed E-state index contributed by atoms with van der Waals surface area (Å²) in [5.74, 6) is -1.21. The summed E-state index contributed by atoms with van der Waals surface area (Å²) in [5.41, 5.74) is 0.397. The van der Waals surface area contributed by atoms with Gasteiger partial charge >= 0.3 is 5.97 Å². The minimum absolute atomic E-state index is 0.0246. The summed E-state index contributed by atoms with van der Waals surface area (Å²) in [5, 5.41) is 22.0. The molecule has 0 spiro atoms. The average Bonchev–Trinajstić information content (AvgIpc) is 2.73. The smallest absolute Gasteiger partial charge is 0.310 e. The molecule has 5 nitrogen and oxygen atoms in total. The van der Waals surface area contributed by atoms with Crippen LogP contribution in [0, 0.1) is 30.6 Å². The molecule has 1 aliphatic rings. The fourth-order valence-corrected chi connectivity index (χ4v) is 4.05. The Kier molecular flexibility index (Phi) is 4.87. The highest BCUT2D eigenvalue weighted by molar-refractivity contribution is 7.16. The van der Waals surface area contributed by atoms with Crippen molar-refractivity contribution in [2.24, 2.45) is 5.41 Å². The first-order valence-corrected chi connectivity index (χ1v) is 8.24. The zero-order valence-corrected chi connectivity index (χ0v) is 13.7. The summed E-state index contributed by atoms with van der Waals surface area (Å²) in [6, 6.07) is 2.11. The highest BCUT2D eigenvalue weighted by atomic mass is 32.1. The third-order valence-corrected chi connectivity index (χ3v) is 5.64. The number of carboxylic acids is 1. The van der Waals surface area contributed by atoms with E-state index in [1.807, 2.05) is 13.8 Å². The van der Waals surface area contributed by atoms with Crippen LogP contribution in [0.3, 0.4) is 0 Å². The predicted molar refractivity (Wildman–Crippen MR) is 84.9 cm³/mol. The van der Waals surface area contributed by atoms with Gasteiger partial charge in [0.05, 0.1) is 11.0 Å². The van der Waals surface area contributed by atoms with Gasteiger partial charge in [0.2, 0.25) is 5.91 Å². The average molecular weight is 320 g/mol. The van der Waals surface area contributed by atoms with Crippen molar-refractivity contribution in [1.82, 2.24) is 0 Å². The zero-order chi connectivity index (χ0) is 16.3. The maximum absolute atomic E-state index is 12.3. The van der Waals surface area contributed by atoms with Gasteiger partial charge in [-0.3, -0.25) is 9.59 Å². The van der Waals surface area contributed by atoms with Crippen molar-refractivity contribution in [3.63, 3.8) is 0 Å². The molecule has 1 heterocycles. The summed E-state index contributed by atoms with van der Waals surface area (Å²) in [4.78, 5) is 24.9. The lowest BCUT2D eigenvalue weighted by atomic mass is 9.71. The zero-order valence-electron chi connectivity index (χ0n) is 12.9. The summed E-state index contributed by atoms with van der Waals surface area (Å²) >= 11 is 1.36. The van der Waals surface area contributed by atoms with Gasteiger partial charge in [-0.1, -0.05) is 19.3 Å². The van der Waals surface area contributed by atoms with E-state index in [0.717, 1.165) is 29.7 Å². The molecule has 1 fully saturated rings. The van der Waals surface area contributed by atoms with Crippen LogP contribution < -0.4 is 5.32 Å². The number of carbonyl (C=O) groups is 2. The number of thiophene rings is 1. The molecule has 0 radical (unpaired) electrons. The Labute approximate surface area is 134 Å². The van der Waals surface area contributed by atoms with Crippen LogP contribution >= 0.6 is 11.3 Å². The van der Waals surface area contributed by atoms with Crippen LogP contribution in [-0.2, 0) is 9.59 Å². The molecule has 0 aromatic carbocycles. The van der Waals surface area contributed by atoms with E-state index >= 15 is 0 Å². The SMILES string of the molecule is Cc1sc(NC(=O)CC2(C(=O)O)CCCCC2)c(C#N)c1C. The topological polar surface area (TPSA) is 90.2 Å². The number of nitrogens with zero attached hydrogens (tertiary/aromatic N) is 1. The molecular weight excluding hydrogens is 300 g/mol. The lowest BCUT2D eigenvalue weighted by Gasteiger charge is -2.32. The van der Waals surface area contributed by atoms with Gasteiger partial charge in [-0.05, 0) is 32.3 Å². The number of anilines is 1. The number of amides is 1. The number of rotatable bonds is 4. The van der Waals surface area contributed by atoms with Crippen molar-refractivity contribution in [1.29, 1.82) is 5.26 Å². The summed E-state index contributed by atoms with van der Waals surface area (Å²) in [6.07, 6.45) is 3.79. The second kappa shape index (κ2) is 6.49. The van der Waals surface area contributed by atoms with Crippen LogP contribution in [0.25, 0.3) is 0 Å². The third kappa shape index (κ3) is 3.14. The fourth-order valence-electron chi connectivity index (χ4n) is 3.02. The maximum atomic E-state index is 12.3. The lowest BCUT2D eigenvalue weighted by Crippen LogP contribution is -2.37. The lowest BCUT2D eigenvalue weighted by molar-refractivity contribution is -0.153. The maximum Gasteiger partial charge on any atom is 0.310 e. The minimum Gasteiger partial charge on any atom is -0.481 e. The largest absolute Gasteiger partial charge is 0.481 e. The van der Waals surface area contributed by atoms with Crippen molar-refractivity contribution in [2.45, 2.75) is 52.4 Å². The van der Waals surface area contributed by atoms with Gasteiger partial charge in [0.1, 0.15) is 11.1 Å². The fraction of sp³-hybridized carbons (Fsp3) is 0.562. The first-order valence-electron chi connectivity index (χ1n) is 7.43. The minimum atomic E-state index is -0.948. The normalized spacial score (nSPS) is 16.8. The molecule has 0 saturated heterocycles. The molecule has 2 N–H and O–H groups in total. The molecule has 22 heavy (non-hydrogen) atoms. The second-order valence-corrected chi connectivity index (χ2v) is 7.20. The van der Waals surface area contributed by atoms with Crippen LogP contribution in [0.5, 0.6) is 0 Å². The number of carbonyl (C=O) groups excluding carboxylic acids is 1. The van der Waals surface area contributed by atoms with E-state index < -0.39 is 11.4 Å². The van der Waals surface area contributed by atoms with E-state index in [2.05, 4.69) is 11.4 Å². The molecule has 0 bridgehead atoms.